The summed E-state index contributed by atoms with van der Waals surface area (Å²) in [6.07, 6.45) is 5.59. The molecule has 106 valence electrons. The van der Waals surface area contributed by atoms with Gasteiger partial charge in [-0.05, 0) is 42.9 Å². The van der Waals surface area contributed by atoms with Crippen LogP contribution in [0.3, 0.4) is 0 Å². The minimum atomic E-state index is -3.22. The molecule has 0 aromatic carbocycles. The molecule has 0 amide bonds. The van der Waals surface area contributed by atoms with Crippen molar-refractivity contribution in [2.45, 2.75) is 19.3 Å². The molecule has 1 aliphatic heterocycles. The van der Waals surface area contributed by atoms with Crippen LogP contribution in [0.25, 0.3) is 0 Å². The van der Waals surface area contributed by atoms with Crippen LogP contribution in [0.2, 0.25) is 0 Å². The Kier molecular flexibility index (Phi) is 4.90. The van der Waals surface area contributed by atoms with Gasteiger partial charge < -0.3 is 5.11 Å². The number of aryl methyl sites for hydroxylation is 1. The molecule has 5 nitrogen and oxygen atoms in total. The van der Waals surface area contributed by atoms with E-state index < -0.39 is 10.0 Å². The predicted molar refractivity (Wildman–Crippen MR) is 73.1 cm³/mol. The van der Waals surface area contributed by atoms with Gasteiger partial charge >= 0.3 is 0 Å². The van der Waals surface area contributed by atoms with Gasteiger partial charge in [0, 0.05) is 32.1 Å². The number of rotatable bonds is 5. The van der Waals surface area contributed by atoms with Crippen LogP contribution in [0, 0.1) is 5.92 Å². The summed E-state index contributed by atoms with van der Waals surface area (Å²) in [7, 11) is -3.22. The molecule has 1 atom stereocenters. The highest BCUT2D eigenvalue weighted by atomic mass is 32.2. The maximum atomic E-state index is 12.2. The molecule has 6 heteroatoms. The minimum Gasteiger partial charge on any atom is -0.396 e. The third-order valence-corrected chi connectivity index (χ3v) is 5.37. The summed E-state index contributed by atoms with van der Waals surface area (Å²) in [5.74, 6) is 0.208. The second-order valence-corrected chi connectivity index (χ2v) is 7.06. The van der Waals surface area contributed by atoms with Crippen molar-refractivity contribution in [1.82, 2.24) is 9.29 Å². The van der Waals surface area contributed by atoms with E-state index in [4.69, 9.17) is 5.11 Å². The molecule has 19 heavy (non-hydrogen) atoms. The van der Waals surface area contributed by atoms with Gasteiger partial charge in [-0.1, -0.05) is 0 Å². The van der Waals surface area contributed by atoms with Gasteiger partial charge in [0.15, 0.2) is 0 Å². The number of aromatic nitrogens is 1. The number of nitrogens with zero attached hydrogens (tertiary/aromatic N) is 2. The first-order valence-electron chi connectivity index (χ1n) is 6.59. The fourth-order valence-corrected chi connectivity index (χ4v) is 3.95. The van der Waals surface area contributed by atoms with Crippen molar-refractivity contribution in [3.8, 4) is 0 Å². The SMILES string of the molecule is O=S(=O)(CCc1ccncc1)N1CCCC(CO)C1. The largest absolute Gasteiger partial charge is 0.396 e. The number of hydrogen-bond donors (Lipinski definition) is 1. The topological polar surface area (TPSA) is 70.5 Å². The third kappa shape index (κ3) is 3.99. The van der Waals surface area contributed by atoms with Crippen LogP contribution in [0.5, 0.6) is 0 Å². The maximum Gasteiger partial charge on any atom is 0.214 e. The highest BCUT2D eigenvalue weighted by Crippen LogP contribution is 2.19. The molecule has 0 saturated carbocycles. The van der Waals surface area contributed by atoms with E-state index in [2.05, 4.69) is 4.98 Å². The van der Waals surface area contributed by atoms with E-state index in [1.807, 2.05) is 12.1 Å². The van der Waals surface area contributed by atoms with Crippen molar-refractivity contribution in [3.05, 3.63) is 30.1 Å². The lowest BCUT2D eigenvalue weighted by atomic mass is 10.0. The molecule has 1 fully saturated rings. The van der Waals surface area contributed by atoms with Crippen molar-refractivity contribution in [3.63, 3.8) is 0 Å². The third-order valence-electron chi connectivity index (χ3n) is 3.53. The Bertz CT molecular complexity index is 490. The van der Waals surface area contributed by atoms with E-state index in [0.717, 1.165) is 18.4 Å². The molecule has 0 bridgehead atoms. The molecule has 0 radical (unpaired) electrons. The minimum absolute atomic E-state index is 0.0658. The fourth-order valence-electron chi connectivity index (χ4n) is 2.35. The molecular formula is C13H20N2O3S. The number of hydrogen-bond acceptors (Lipinski definition) is 4. The summed E-state index contributed by atoms with van der Waals surface area (Å²) in [6.45, 7) is 1.10. The van der Waals surface area contributed by atoms with Gasteiger partial charge in [-0.2, -0.15) is 0 Å². The standard InChI is InChI=1S/C13H20N2O3S/c16-11-13-2-1-8-15(10-13)19(17,18)9-5-12-3-6-14-7-4-12/h3-4,6-7,13,16H,1-2,5,8-11H2. The highest BCUT2D eigenvalue weighted by molar-refractivity contribution is 7.89. The number of pyridine rings is 1. The van der Waals surface area contributed by atoms with Crippen LogP contribution in [0.1, 0.15) is 18.4 Å². The van der Waals surface area contributed by atoms with Crippen LogP contribution in [0.4, 0.5) is 0 Å². The zero-order chi connectivity index (χ0) is 13.7. The average Bonchev–Trinajstić information content (AvgIpc) is 2.46. The van der Waals surface area contributed by atoms with Crippen molar-refractivity contribution in [2.24, 2.45) is 5.92 Å². The molecule has 1 saturated heterocycles. The molecule has 1 N–H and O–H groups in total. The molecule has 0 spiro atoms. The molecule has 2 rings (SSSR count). The lowest BCUT2D eigenvalue weighted by Crippen LogP contribution is -2.42. The van der Waals surface area contributed by atoms with E-state index in [9.17, 15) is 8.42 Å². The molecule has 0 aliphatic carbocycles. The number of piperidine rings is 1. The van der Waals surface area contributed by atoms with Gasteiger partial charge in [0.2, 0.25) is 10.0 Å². The van der Waals surface area contributed by atoms with Gasteiger partial charge in [-0.15, -0.1) is 0 Å². The summed E-state index contributed by atoms with van der Waals surface area (Å²) in [5.41, 5.74) is 0.981. The van der Waals surface area contributed by atoms with Gasteiger partial charge in [-0.3, -0.25) is 4.98 Å². The summed E-state index contributed by atoms with van der Waals surface area (Å²) in [5, 5.41) is 9.15. The molecule has 1 unspecified atom stereocenters. The first-order valence-corrected chi connectivity index (χ1v) is 8.20. The van der Waals surface area contributed by atoms with Gasteiger partial charge in [0.25, 0.3) is 0 Å². The van der Waals surface area contributed by atoms with Crippen molar-refractivity contribution in [2.75, 3.05) is 25.4 Å². The lowest BCUT2D eigenvalue weighted by Gasteiger charge is -2.30. The van der Waals surface area contributed by atoms with Crippen molar-refractivity contribution in [1.29, 1.82) is 0 Å². The van der Waals surface area contributed by atoms with Crippen LogP contribution < -0.4 is 0 Å². The molecule has 2 heterocycles. The van der Waals surface area contributed by atoms with E-state index in [1.165, 1.54) is 4.31 Å². The first-order chi connectivity index (χ1) is 9.12. The number of sulfonamides is 1. The molecule has 1 aliphatic rings. The Balaban J connectivity index is 1.94. The zero-order valence-electron chi connectivity index (χ0n) is 10.9. The summed E-state index contributed by atoms with van der Waals surface area (Å²) in [6, 6.07) is 3.67. The first kappa shape index (κ1) is 14.4. The summed E-state index contributed by atoms with van der Waals surface area (Å²) >= 11 is 0. The van der Waals surface area contributed by atoms with E-state index in [0.29, 0.717) is 19.5 Å². The summed E-state index contributed by atoms with van der Waals surface area (Å²) in [4.78, 5) is 3.91. The smallest absolute Gasteiger partial charge is 0.214 e. The summed E-state index contributed by atoms with van der Waals surface area (Å²) < 4.78 is 26.0. The number of aliphatic hydroxyl groups is 1. The Morgan fingerprint density at radius 3 is 2.79 bits per heavy atom. The van der Waals surface area contributed by atoms with E-state index >= 15 is 0 Å². The van der Waals surface area contributed by atoms with Crippen LogP contribution in [-0.4, -0.2) is 48.3 Å². The quantitative estimate of drug-likeness (QED) is 0.862. The van der Waals surface area contributed by atoms with Gasteiger partial charge in [0.1, 0.15) is 0 Å². The second-order valence-electron chi connectivity index (χ2n) is 4.97. The Morgan fingerprint density at radius 2 is 2.11 bits per heavy atom. The normalized spacial score (nSPS) is 21.4. The van der Waals surface area contributed by atoms with Crippen molar-refractivity contribution < 1.29 is 13.5 Å². The predicted octanol–water partition coefficient (Wildman–Crippen LogP) is 0.658. The Hall–Kier alpha value is -0.980. The van der Waals surface area contributed by atoms with Crippen LogP contribution in [0.15, 0.2) is 24.5 Å². The highest BCUT2D eigenvalue weighted by Gasteiger charge is 2.28. The van der Waals surface area contributed by atoms with Crippen LogP contribution in [-0.2, 0) is 16.4 Å². The fraction of sp³-hybridized carbons (Fsp3) is 0.615. The molecule has 1 aromatic rings. The van der Waals surface area contributed by atoms with Gasteiger partial charge in [0.05, 0.1) is 5.75 Å². The zero-order valence-corrected chi connectivity index (χ0v) is 11.7. The average molecular weight is 284 g/mol. The van der Waals surface area contributed by atoms with Crippen LogP contribution >= 0.6 is 0 Å². The maximum absolute atomic E-state index is 12.2. The molecular weight excluding hydrogens is 264 g/mol. The number of aliphatic hydroxyl groups excluding tert-OH is 1. The Labute approximate surface area is 114 Å². The second kappa shape index (κ2) is 6.45. The van der Waals surface area contributed by atoms with E-state index in [-0.39, 0.29) is 18.3 Å². The monoisotopic (exact) mass is 284 g/mol. The van der Waals surface area contributed by atoms with Crippen molar-refractivity contribution >= 4 is 10.0 Å². The van der Waals surface area contributed by atoms with Gasteiger partial charge in [-0.25, -0.2) is 12.7 Å². The molecule has 1 aromatic heterocycles. The van der Waals surface area contributed by atoms with E-state index in [1.54, 1.807) is 12.4 Å². The Morgan fingerprint density at radius 1 is 1.37 bits per heavy atom. The lowest BCUT2D eigenvalue weighted by molar-refractivity contribution is 0.165.